The molecule has 0 spiro atoms. The van der Waals surface area contributed by atoms with Gasteiger partial charge in [-0.25, -0.2) is 0 Å². The van der Waals surface area contributed by atoms with Crippen molar-refractivity contribution >= 4 is 37.1 Å². The Morgan fingerprint density at radius 3 is 1.94 bits per heavy atom. The van der Waals surface area contributed by atoms with E-state index in [1.807, 2.05) is 36.4 Å². The van der Waals surface area contributed by atoms with Gasteiger partial charge in [-0.1, -0.05) is 98.1 Å². The summed E-state index contributed by atoms with van der Waals surface area (Å²) in [7, 11) is -1.46. The van der Waals surface area contributed by atoms with Gasteiger partial charge in [0.1, 0.15) is 5.78 Å². The Morgan fingerprint density at radius 2 is 1.42 bits per heavy atom. The fourth-order valence-corrected chi connectivity index (χ4v) is 8.13. The highest BCUT2D eigenvalue weighted by atomic mass is 35.5. The summed E-state index contributed by atoms with van der Waals surface area (Å²) in [4.78, 5) is 13.9. The Kier molecular flexibility index (Phi) is 8.23. The Hall–Kier alpha value is -1.35. The zero-order valence-corrected chi connectivity index (χ0v) is 21.5. The van der Waals surface area contributed by atoms with Gasteiger partial charge in [-0.05, 0) is 61.1 Å². The molecule has 0 heterocycles. The maximum atomic E-state index is 13.9. The minimum atomic E-state index is -1.46. The van der Waals surface area contributed by atoms with Crippen molar-refractivity contribution in [3.05, 3.63) is 81.5 Å². The summed E-state index contributed by atoms with van der Waals surface area (Å²) in [5.41, 5.74) is 4.48. The number of carbonyl (C=O) groups excluding carboxylic acids is 1. The van der Waals surface area contributed by atoms with Gasteiger partial charge < -0.3 is 0 Å². The maximum absolute atomic E-state index is 13.9. The smallest absolute Gasteiger partial charge is 0.146 e. The molecule has 0 aromatic heterocycles. The van der Waals surface area contributed by atoms with Gasteiger partial charge in [0.25, 0.3) is 0 Å². The monoisotopic (exact) mass is 472 g/mol. The first-order valence-corrected chi connectivity index (χ1v) is 15.0. The zero-order chi connectivity index (χ0) is 22.5. The van der Waals surface area contributed by atoms with E-state index in [0.717, 1.165) is 35.7 Å². The van der Waals surface area contributed by atoms with Crippen molar-refractivity contribution < 1.29 is 4.79 Å². The standard InChI is InChI=1S/C27H34Cl2OSi/c1-4-31(5-2,6-3)18-17-27(20-22-9-13-25(29)14-10-22)16-15-23(26(27)30)19-21-7-11-24(28)12-8-21/h7-14,17-18,23H,4-6,15-16,19-20H2,1-3H3/b18-17+/t23-,27+/m1/s1. The van der Waals surface area contributed by atoms with Crippen molar-refractivity contribution in [2.45, 2.75) is 64.6 Å². The van der Waals surface area contributed by atoms with Crippen molar-refractivity contribution in [3.8, 4) is 0 Å². The first kappa shape index (κ1) is 24.3. The van der Waals surface area contributed by atoms with E-state index in [2.05, 4.69) is 44.7 Å². The largest absolute Gasteiger partial charge is 0.298 e. The van der Waals surface area contributed by atoms with Gasteiger partial charge >= 0.3 is 0 Å². The van der Waals surface area contributed by atoms with E-state index in [9.17, 15) is 4.79 Å². The van der Waals surface area contributed by atoms with Gasteiger partial charge in [-0.3, -0.25) is 4.79 Å². The Balaban J connectivity index is 1.90. The third-order valence-corrected chi connectivity index (χ3v) is 13.1. The van der Waals surface area contributed by atoms with Crippen LogP contribution in [0.1, 0.15) is 44.7 Å². The molecular formula is C27H34Cl2OSi. The van der Waals surface area contributed by atoms with Crippen LogP contribution in [0.4, 0.5) is 0 Å². The Bertz CT molecular complexity index is 892. The van der Waals surface area contributed by atoms with E-state index in [1.54, 1.807) is 0 Å². The molecule has 4 heteroatoms. The highest BCUT2D eigenvalue weighted by Gasteiger charge is 2.46. The first-order valence-electron chi connectivity index (χ1n) is 11.6. The molecule has 1 fully saturated rings. The lowest BCUT2D eigenvalue weighted by molar-refractivity contribution is -0.126. The van der Waals surface area contributed by atoms with Crippen LogP contribution < -0.4 is 0 Å². The predicted molar refractivity (Wildman–Crippen MR) is 137 cm³/mol. The van der Waals surface area contributed by atoms with Crippen LogP contribution in [0.25, 0.3) is 0 Å². The minimum Gasteiger partial charge on any atom is -0.298 e. The SMILES string of the molecule is CC[Si](/C=C/[C@]1(Cc2ccc(Cl)cc2)CC[C@H](Cc2ccc(Cl)cc2)C1=O)(CC)CC. The molecule has 0 radical (unpaired) electrons. The number of Topliss-reactive ketones (excluding diaryl/α,β-unsaturated/α-hetero) is 1. The molecule has 1 nitrogen and oxygen atoms in total. The van der Waals surface area contributed by atoms with Crippen LogP contribution in [0, 0.1) is 11.3 Å². The number of carbonyl (C=O) groups is 1. The highest BCUT2D eigenvalue weighted by molar-refractivity contribution is 6.84. The zero-order valence-electron chi connectivity index (χ0n) is 19.0. The summed E-state index contributed by atoms with van der Waals surface area (Å²) in [5, 5.41) is 1.47. The number of halogens is 2. The Morgan fingerprint density at radius 1 is 0.903 bits per heavy atom. The number of hydrogen-bond donors (Lipinski definition) is 0. The third-order valence-electron chi connectivity index (χ3n) is 7.50. The molecule has 31 heavy (non-hydrogen) atoms. The summed E-state index contributed by atoms with van der Waals surface area (Å²) in [6.45, 7) is 6.94. The van der Waals surface area contributed by atoms with E-state index < -0.39 is 13.5 Å². The molecule has 0 unspecified atom stereocenters. The fraction of sp³-hybridized carbons (Fsp3) is 0.444. The molecule has 3 rings (SSSR count). The molecule has 2 aromatic carbocycles. The number of allylic oxidation sites excluding steroid dienone is 1. The van der Waals surface area contributed by atoms with Crippen LogP contribution in [0.5, 0.6) is 0 Å². The summed E-state index contributed by atoms with van der Waals surface area (Å²) in [6.07, 6.45) is 5.76. The third kappa shape index (κ3) is 5.72. The second-order valence-electron chi connectivity index (χ2n) is 9.15. The lowest BCUT2D eigenvalue weighted by Gasteiger charge is -2.29. The van der Waals surface area contributed by atoms with Gasteiger partial charge in [0.15, 0.2) is 0 Å². The van der Waals surface area contributed by atoms with Gasteiger partial charge in [-0.2, -0.15) is 0 Å². The van der Waals surface area contributed by atoms with Crippen molar-refractivity contribution in [2.75, 3.05) is 0 Å². The van der Waals surface area contributed by atoms with Crippen LogP contribution in [0.3, 0.4) is 0 Å². The van der Waals surface area contributed by atoms with E-state index in [1.165, 1.54) is 29.3 Å². The molecule has 166 valence electrons. The molecule has 1 saturated carbocycles. The second-order valence-corrected chi connectivity index (χ2v) is 15.2. The van der Waals surface area contributed by atoms with Crippen molar-refractivity contribution in [3.63, 3.8) is 0 Å². The topological polar surface area (TPSA) is 17.1 Å². The summed E-state index contributed by atoms with van der Waals surface area (Å²) in [6, 6.07) is 19.6. The minimum absolute atomic E-state index is 0.0686. The second kappa shape index (κ2) is 10.5. The summed E-state index contributed by atoms with van der Waals surface area (Å²) in [5.74, 6) is 0.471. The van der Waals surface area contributed by atoms with E-state index in [-0.39, 0.29) is 5.92 Å². The first-order chi connectivity index (χ1) is 14.8. The molecule has 0 aliphatic heterocycles. The van der Waals surface area contributed by atoms with Gasteiger partial charge in [0.2, 0.25) is 0 Å². The van der Waals surface area contributed by atoms with Gasteiger partial charge in [0, 0.05) is 16.0 Å². The fourth-order valence-electron chi connectivity index (χ4n) is 5.00. The molecule has 2 atom stereocenters. The van der Waals surface area contributed by atoms with Crippen molar-refractivity contribution in [1.29, 1.82) is 0 Å². The highest BCUT2D eigenvalue weighted by Crippen LogP contribution is 2.44. The number of ketones is 1. The van der Waals surface area contributed by atoms with Crippen molar-refractivity contribution in [2.24, 2.45) is 11.3 Å². The van der Waals surface area contributed by atoms with Crippen LogP contribution >= 0.6 is 23.2 Å². The quantitative estimate of drug-likeness (QED) is 0.335. The van der Waals surface area contributed by atoms with Crippen molar-refractivity contribution in [1.82, 2.24) is 0 Å². The van der Waals surface area contributed by atoms with E-state index in [4.69, 9.17) is 23.2 Å². The van der Waals surface area contributed by atoms with E-state index >= 15 is 0 Å². The number of benzene rings is 2. The normalized spacial score (nSPS) is 21.8. The molecular weight excluding hydrogens is 439 g/mol. The average molecular weight is 474 g/mol. The lowest BCUT2D eigenvalue weighted by Crippen LogP contribution is -2.33. The van der Waals surface area contributed by atoms with Gasteiger partial charge in [0.05, 0.1) is 13.5 Å². The molecule has 2 aromatic rings. The molecule has 1 aliphatic carbocycles. The summed E-state index contributed by atoms with van der Waals surface area (Å²) >= 11 is 12.2. The van der Waals surface area contributed by atoms with Crippen LogP contribution in [-0.2, 0) is 17.6 Å². The lowest BCUT2D eigenvalue weighted by atomic mass is 9.78. The van der Waals surface area contributed by atoms with Crippen LogP contribution in [0.2, 0.25) is 28.2 Å². The van der Waals surface area contributed by atoms with Gasteiger partial charge in [-0.15, -0.1) is 0 Å². The molecule has 0 saturated heterocycles. The summed E-state index contributed by atoms with van der Waals surface area (Å²) < 4.78 is 0. The number of hydrogen-bond acceptors (Lipinski definition) is 1. The van der Waals surface area contributed by atoms with Crippen LogP contribution in [-0.4, -0.2) is 13.9 Å². The number of rotatable bonds is 9. The molecule has 0 N–H and O–H groups in total. The molecule has 0 bridgehead atoms. The maximum Gasteiger partial charge on any atom is 0.146 e. The molecule has 0 amide bonds. The van der Waals surface area contributed by atoms with Crippen LogP contribution in [0.15, 0.2) is 60.3 Å². The predicted octanol–water partition coefficient (Wildman–Crippen LogP) is 8.35. The average Bonchev–Trinajstić information content (AvgIpc) is 3.08. The molecule has 1 aliphatic rings. The Labute approximate surface area is 198 Å². The van der Waals surface area contributed by atoms with E-state index in [0.29, 0.717) is 5.78 Å².